The van der Waals surface area contributed by atoms with E-state index in [0.717, 1.165) is 21.5 Å². The van der Waals surface area contributed by atoms with Crippen LogP contribution in [0.2, 0.25) is 0 Å². The standard InChI is InChI=1S/C17H12BrNO2S2/c1-11-16(20)19(17(22)23-11)14-5-7-15(8-6-14)21-10-12-3-2-4-13(18)9-12/h2-9H,1,10H2. The average molecular weight is 406 g/mol. The number of hydrogen-bond donors (Lipinski definition) is 0. The van der Waals surface area contributed by atoms with Crippen LogP contribution < -0.4 is 9.64 Å². The number of ether oxygens (including phenoxy) is 1. The molecule has 1 heterocycles. The van der Waals surface area contributed by atoms with Gasteiger partial charge in [-0.3, -0.25) is 9.69 Å². The predicted octanol–water partition coefficient (Wildman–Crippen LogP) is 4.91. The first-order valence-corrected chi connectivity index (χ1v) is 8.79. The van der Waals surface area contributed by atoms with E-state index in [1.807, 2.05) is 48.5 Å². The number of nitrogens with zero attached hydrogens (tertiary/aromatic N) is 1. The second kappa shape index (κ2) is 6.86. The molecular formula is C17H12BrNO2S2. The van der Waals surface area contributed by atoms with Crippen LogP contribution in [-0.2, 0) is 11.4 Å². The Kier molecular flexibility index (Phi) is 4.84. The van der Waals surface area contributed by atoms with Gasteiger partial charge in [0.2, 0.25) is 0 Å². The lowest BCUT2D eigenvalue weighted by Gasteiger charge is -2.15. The number of thiocarbonyl (C=S) groups is 1. The summed E-state index contributed by atoms with van der Waals surface area (Å²) in [4.78, 5) is 14.0. The second-order valence-corrected chi connectivity index (χ2v) is 7.49. The molecule has 1 aliphatic rings. The SMILES string of the molecule is C=C1SC(=S)N(c2ccc(OCc3cccc(Br)c3)cc2)C1=O. The molecule has 1 amide bonds. The van der Waals surface area contributed by atoms with Gasteiger partial charge in [0.05, 0.1) is 10.6 Å². The molecule has 23 heavy (non-hydrogen) atoms. The van der Waals surface area contributed by atoms with Crippen molar-refractivity contribution >= 4 is 55.8 Å². The van der Waals surface area contributed by atoms with Crippen LogP contribution in [0.3, 0.4) is 0 Å². The lowest BCUT2D eigenvalue weighted by molar-refractivity contribution is -0.113. The number of halogens is 1. The third-order valence-electron chi connectivity index (χ3n) is 3.22. The zero-order valence-corrected chi connectivity index (χ0v) is 15.2. The van der Waals surface area contributed by atoms with E-state index in [1.54, 1.807) is 0 Å². The Balaban J connectivity index is 1.69. The van der Waals surface area contributed by atoms with Crippen LogP contribution in [0.4, 0.5) is 5.69 Å². The summed E-state index contributed by atoms with van der Waals surface area (Å²) in [6.45, 7) is 4.18. The monoisotopic (exact) mass is 405 g/mol. The molecule has 0 saturated carbocycles. The fraction of sp³-hybridized carbons (Fsp3) is 0.0588. The number of anilines is 1. The molecule has 3 rings (SSSR count). The van der Waals surface area contributed by atoms with E-state index in [1.165, 1.54) is 16.7 Å². The molecule has 2 aromatic rings. The van der Waals surface area contributed by atoms with Crippen LogP contribution in [0.5, 0.6) is 5.75 Å². The number of benzene rings is 2. The normalized spacial score (nSPS) is 14.5. The minimum atomic E-state index is -0.164. The Labute approximate surface area is 152 Å². The minimum Gasteiger partial charge on any atom is -0.489 e. The Morgan fingerprint density at radius 2 is 1.96 bits per heavy atom. The van der Waals surface area contributed by atoms with E-state index >= 15 is 0 Å². The van der Waals surface area contributed by atoms with Gasteiger partial charge in [-0.25, -0.2) is 0 Å². The molecule has 1 saturated heterocycles. The van der Waals surface area contributed by atoms with E-state index in [-0.39, 0.29) is 5.91 Å². The largest absolute Gasteiger partial charge is 0.489 e. The summed E-state index contributed by atoms with van der Waals surface area (Å²) >= 11 is 9.87. The van der Waals surface area contributed by atoms with E-state index in [2.05, 4.69) is 22.5 Å². The fourth-order valence-electron chi connectivity index (χ4n) is 2.11. The van der Waals surface area contributed by atoms with Crippen molar-refractivity contribution in [2.75, 3.05) is 4.90 Å². The summed E-state index contributed by atoms with van der Waals surface area (Å²) in [5.74, 6) is 0.570. The van der Waals surface area contributed by atoms with Gasteiger partial charge in [-0.2, -0.15) is 0 Å². The van der Waals surface area contributed by atoms with Crippen molar-refractivity contribution < 1.29 is 9.53 Å². The lowest BCUT2D eigenvalue weighted by atomic mass is 10.2. The van der Waals surface area contributed by atoms with Gasteiger partial charge in [-0.1, -0.05) is 58.6 Å². The van der Waals surface area contributed by atoms with Crippen molar-refractivity contribution in [3.05, 3.63) is 70.1 Å². The molecule has 0 bridgehead atoms. The Morgan fingerprint density at radius 3 is 2.57 bits per heavy atom. The molecule has 1 aliphatic heterocycles. The van der Waals surface area contributed by atoms with Crippen molar-refractivity contribution in [1.29, 1.82) is 0 Å². The van der Waals surface area contributed by atoms with Gasteiger partial charge in [0.15, 0.2) is 4.32 Å². The Morgan fingerprint density at radius 1 is 1.22 bits per heavy atom. The molecule has 0 N–H and O–H groups in total. The average Bonchev–Trinajstić information content (AvgIpc) is 2.79. The Bertz CT molecular complexity index is 789. The molecule has 3 nitrogen and oxygen atoms in total. The van der Waals surface area contributed by atoms with Gasteiger partial charge in [-0.15, -0.1) is 0 Å². The number of hydrogen-bond acceptors (Lipinski definition) is 4. The molecule has 1 fully saturated rings. The highest BCUT2D eigenvalue weighted by molar-refractivity contribution is 9.10. The van der Waals surface area contributed by atoms with Crippen LogP contribution in [0, 0.1) is 0 Å². The molecular weight excluding hydrogens is 394 g/mol. The summed E-state index contributed by atoms with van der Waals surface area (Å²) in [6, 6.07) is 15.3. The minimum absolute atomic E-state index is 0.164. The molecule has 0 unspecified atom stereocenters. The summed E-state index contributed by atoms with van der Waals surface area (Å²) in [7, 11) is 0. The maximum Gasteiger partial charge on any atom is 0.270 e. The van der Waals surface area contributed by atoms with Gasteiger partial charge in [-0.05, 0) is 42.0 Å². The molecule has 116 valence electrons. The number of rotatable bonds is 4. The molecule has 0 radical (unpaired) electrons. The quantitative estimate of drug-likeness (QED) is 0.533. The number of thioether (sulfide) groups is 1. The topological polar surface area (TPSA) is 29.5 Å². The maximum absolute atomic E-state index is 12.0. The first-order chi connectivity index (χ1) is 11.0. The van der Waals surface area contributed by atoms with Crippen LogP contribution in [0.15, 0.2) is 64.5 Å². The highest BCUT2D eigenvalue weighted by atomic mass is 79.9. The van der Waals surface area contributed by atoms with Crippen LogP contribution in [0.1, 0.15) is 5.56 Å². The van der Waals surface area contributed by atoms with Crippen molar-refractivity contribution in [2.45, 2.75) is 6.61 Å². The third-order valence-corrected chi connectivity index (χ3v) is 4.93. The molecule has 0 aliphatic carbocycles. The third kappa shape index (κ3) is 3.65. The van der Waals surface area contributed by atoms with E-state index in [4.69, 9.17) is 17.0 Å². The molecule has 6 heteroatoms. The number of carbonyl (C=O) groups is 1. The van der Waals surface area contributed by atoms with Gasteiger partial charge >= 0.3 is 0 Å². The summed E-state index contributed by atoms with van der Waals surface area (Å²) in [5.41, 5.74) is 1.80. The highest BCUT2D eigenvalue weighted by Crippen LogP contribution is 2.34. The van der Waals surface area contributed by atoms with E-state index < -0.39 is 0 Å². The van der Waals surface area contributed by atoms with Crippen LogP contribution >= 0.6 is 39.9 Å². The molecule has 0 spiro atoms. The van der Waals surface area contributed by atoms with Gasteiger partial charge in [0.1, 0.15) is 12.4 Å². The number of amides is 1. The summed E-state index contributed by atoms with van der Waals surface area (Å²) in [6.07, 6.45) is 0. The van der Waals surface area contributed by atoms with E-state index in [0.29, 0.717) is 15.8 Å². The fourth-order valence-corrected chi connectivity index (χ4v) is 3.72. The van der Waals surface area contributed by atoms with Gasteiger partial charge < -0.3 is 4.74 Å². The lowest BCUT2D eigenvalue weighted by Crippen LogP contribution is -2.27. The molecule has 2 aromatic carbocycles. The van der Waals surface area contributed by atoms with Crippen molar-refractivity contribution in [1.82, 2.24) is 0 Å². The van der Waals surface area contributed by atoms with Crippen molar-refractivity contribution in [2.24, 2.45) is 0 Å². The smallest absolute Gasteiger partial charge is 0.270 e. The second-order valence-electron chi connectivity index (χ2n) is 4.84. The summed E-state index contributed by atoms with van der Waals surface area (Å²) in [5, 5.41) is 0. The zero-order valence-electron chi connectivity index (χ0n) is 12.0. The van der Waals surface area contributed by atoms with E-state index in [9.17, 15) is 4.79 Å². The summed E-state index contributed by atoms with van der Waals surface area (Å²) < 4.78 is 7.28. The zero-order chi connectivity index (χ0) is 16.4. The first-order valence-electron chi connectivity index (χ1n) is 6.77. The predicted molar refractivity (Wildman–Crippen MR) is 102 cm³/mol. The van der Waals surface area contributed by atoms with Crippen molar-refractivity contribution in [3.8, 4) is 5.75 Å². The van der Waals surface area contributed by atoms with Gasteiger partial charge in [0.25, 0.3) is 5.91 Å². The van der Waals surface area contributed by atoms with Crippen molar-refractivity contribution in [3.63, 3.8) is 0 Å². The van der Waals surface area contributed by atoms with Gasteiger partial charge in [0, 0.05) is 4.47 Å². The number of carbonyl (C=O) groups excluding carboxylic acids is 1. The first kappa shape index (κ1) is 16.2. The van der Waals surface area contributed by atoms with Crippen LogP contribution in [-0.4, -0.2) is 10.2 Å². The molecule has 0 aromatic heterocycles. The maximum atomic E-state index is 12.0. The Hall–Kier alpha value is -1.63. The van der Waals surface area contributed by atoms with Crippen LogP contribution in [0.25, 0.3) is 0 Å². The highest BCUT2D eigenvalue weighted by Gasteiger charge is 2.31. The molecule has 0 atom stereocenters.